The van der Waals surface area contributed by atoms with Crippen LogP contribution in [-0.2, 0) is 0 Å². The molecule has 6 heteroatoms. The second-order valence-electron chi connectivity index (χ2n) is 4.26. The fourth-order valence-corrected chi connectivity index (χ4v) is 1.29. The molecule has 0 spiro atoms. The number of halogens is 1. The summed E-state index contributed by atoms with van der Waals surface area (Å²) in [6, 6.07) is 1.63. The fraction of sp³-hybridized carbons (Fsp3) is 0.636. The molecule has 17 heavy (non-hydrogen) atoms. The first-order chi connectivity index (χ1) is 7.94. The van der Waals surface area contributed by atoms with Crippen molar-refractivity contribution >= 4 is 17.5 Å². The Morgan fingerprint density at radius 3 is 2.06 bits per heavy atom. The van der Waals surface area contributed by atoms with Gasteiger partial charge in [-0.25, -0.2) is 0 Å². The summed E-state index contributed by atoms with van der Waals surface area (Å²) in [4.78, 5) is 10.4. The minimum atomic E-state index is -0.251. The summed E-state index contributed by atoms with van der Waals surface area (Å²) in [5, 5.41) is 0. The van der Waals surface area contributed by atoms with Crippen LogP contribution in [-0.4, -0.2) is 42.7 Å². The molecule has 1 aromatic heterocycles. The molecule has 0 amide bonds. The van der Waals surface area contributed by atoms with Crippen LogP contribution >= 0.6 is 11.6 Å². The van der Waals surface area contributed by atoms with Crippen LogP contribution in [0, 0.1) is 0 Å². The van der Waals surface area contributed by atoms with Crippen molar-refractivity contribution in [2.24, 2.45) is 0 Å². The summed E-state index contributed by atoms with van der Waals surface area (Å²) in [6.45, 7) is 4.02. The third-order valence-electron chi connectivity index (χ3n) is 2.62. The maximum Gasteiger partial charge on any atom is 0.232 e. The van der Waals surface area contributed by atoms with Crippen molar-refractivity contribution in [2.75, 3.05) is 32.0 Å². The second kappa shape index (κ2) is 5.40. The molecule has 0 aromatic carbocycles. The number of ether oxygens (including phenoxy) is 2. The lowest BCUT2D eigenvalue weighted by Gasteiger charge is -2.33. The first-order valence-corrected chi connectivity index (χ1v) is 5.75. The van der Waals surface area contributed by atoms with Crippen LogP contribution in [0.1, 0.15) is 13.8 Å². The Morgan fingerprint density at radius 1 is 1.24 bits per heavy atom. The van der Waals surface area contributed by atoms with Crippen molar-refractivity contribution in [1.82, 2.24) is 9.97 Å². The zero-order valence-electron chi connectivity index (χ0n) is 10.8. The van der Waals surface area contributed by atoms with E-state index in [9.17, 15) is 0 Å². The number of hydrogen-bond acceptors (Lipinski definition) is 5. The molecule has 1 aromatic rings. The molecule has 0 atom stereocenters. The highest BCUT2D eigenvalue weighted by Gasteiger charge is 2.25. The van der Waals surface area contributed by atoms with Crippen molar-refractivity contribution in [3.63, 3.8) is 0 Å². The van der Waals surface area contributed by atoms with Gasteiger partial charge >= 0.3 is 0 Å². The monoisotopic (exact) mass is 259 g/mol. The van der Waals surface area contributed by atoms with Gasteiger partial charge in [0.15, 0.2) is 0 Å². The normalized spacial score (nSPS) is 11.2. The summed E-state index contributed by atoms with van der Waals surface area (Å²) in [7, 11) is 4.99. The number of hydrogen-bond donors (Lipinski definition) is 0. The van der Waals surface area contributed by atoms with Gasteiger partial charge in [-0.15, -0.1) is 11.6 Å². The molecule has 96 valence electrons. The molecular formula is C11H18ClN3O2. The van der Waals surface area contributed by atoms with Crippen LogP contribution in [0.2, 0.25) is 0 Å². The van der Waals surface area contributed by atoms with Gasteiger partial charge in [0.2, 0.25) is 17.7 Å². The van der Waals surface area contributed by atoms with E-state index < -0.39 is 0 Å². The number of alkyl halides is 1. The van der Waals surface area contributed by atoms with Crippen LogP contribution in [0.25, 0.3) is 0 Å². The highest BCUT2D eigenvalue weighted by molar-refractivity contribution is 6.18. The summed E-state index contributed by atoms with van der Waals surface area (Å²) >= 11 is 5.93. The Kier molecular flexibility index (Phi) is 4.40. The predicted molar refractivity (Wildman–Crippen MR) is 68.3 cm³/mol. The summed E-state index contributed by atoms with van der Waals surface area (Å²) in [6.07, 6.45) is 0. The Bertz CT molecular complexity index is 363. The number of rotatable bonds is 5. The third kappa shape index (κ3) is 3.12. The third-order valence-corrected chi connectivity index (χ3v) is 3.27. The quantitative estimate of drug-likeness (QED) is 0.757. The minimum absolute atomic E-state index is 0.251. The van der Waals surface area contributed by atoms with Gasteiger partial charge in [0, 0.05) is 12.9 Å². The van der Waals surface area contributed by atoms with Crippen LogP contribution in [0.4, 0.5) is 5.95 Å². The highest BCUT2D eigenvalue weighted by atomic mass is 35.5. The predicted octanol–water partition coefficient (Wildman–Crippen LogP) is 1.95. The largest absolute Gasteiger partial charge is 0.481 e. The highest BCUT2D eigenvalue weighted by Crippen LogP contribution is 2.24. The molecule has 5 nitrogen and oxygen atoms in total. The van der Waals surface area contributed by atoms with E-state index >= 15 is 0 Å². The van der Waals surface area contributed by atoms with E-state index in [1.54, 1.807) is 20.3 Å². The maximum absolute atomic E-state index is 5.93. The van der Waals surface area contributed by atoms with E-state index in [0.717, 1.165) is 0 Å². The molecule has 0 radical (unpaired) electrons. The topological polar surface area (TPSA) is 47.5 Å². The molecular weight excluding hydrogens is 242 g/mol. The maximum atomic E-state index is 5.93. The molecule has 0 aliphatic rings. The number of anilines is 1. The SMILES string of the molecule is COc1cc(OC)nc(N(C)C(C)(C)CCl)n1. The molecule has 0 fully saturated rings. The lowest BCUT2D eigenvalue weighted by molar-refractivity contribution is 0.370. The van der Waals surface area contributed by atoms with Crippen molar-refractivity contribution in [1.29, 1.82) is 0 Å². The zero-order chi connectivity index (χ0) is 13.1. The van der Waals surface area contributed by atoms with Crippen LogP contribution in [0.5, 0.6) is 11.8 Å². The van der Waals surface area contributed by atoms with Crippen molar-refractivity contribution in [3.05, 3.63) is 6.07 Å². The smallest absolute Gasteiger partial charge is 0.232 e. The molecule has 1 heterocycles. The number of nitrogens with zero attached hydrogens (tertiary/aromatic N) is 3. The molecule has 0 saturated carbocycles. The van der Waals surface area contributed by atoms with E-state index in [0.29, 0.717) is 23.6 Å². The van der Waals surface area contributed by atoms with Crippen molar-refractivity contribution < 1.29 is 9.47 Å². The molecule has 0 bridgehead atoms. The number of methoxy groups -OCH3 is 2. The lowest BCUT2D eigenvalue weighted by Crippen LogP contribution is -2.43. The minimum Gasteiger partial charge on any atom is -0.481 e. The van der Waals surface area contributed by atoms with Crippen molar-refractivity contribution in [3.8, 4) is 11.8 Å². The van der Waals surface area contributed by atoms with Gasteiger partial charge in [0.25, 0.3) is 0 Å². The van der Waals surface area contributed by atoms with Crippen LogP contribution in [0.3, 0.4) is 0 Å². The van der Waals surface area contributed by atoms with E-state index in [1.807, 2.05) is 25.8 Å². The van der Waals surface area contributed by atoms with Gasteiger partial charge in [0.1, 0.15) is 0 Å². The standard InChI is InChI=1S/C11H18ClN3O2/c1-11(2,7-12)15(3)10-13-8(16-4)6-9(14-10)17-5/h6H,7H2,1-5H3. The van der Waals surface area contributed by atoms with E-state index in [2.05, 4.69) is 9.97 Å². The van der Waals surface area contributed by atoms with Gasteiger partial charge in [-0.3, -0.25) is 0 Å². The lowest BCUT2D eigenvalue weighted by atomic mass is 10.1. The molecule has 0 saturated heterocycles. The summed E-state index contributed by atoms with van der Waals surface area (Å²) in [5.74, 6) is 1.91. The van der Waals surface area contributed by atoms with Gasteiger partial charge in [-0.2, -0.15) is 9.97 Å². The average Bonchev–Trinajstić information content (AvgIpc) is 2.36. The molecule has 1 rings (SSSR count). The Morgan fingerprint density at radius 2 is 1.71 bits per heavy atom. The van der Waals surface area contributed by atoms with E-state index in [-0.39, 0.29) is 5.54 Å². The fourth-order valence-electron chi connectivity index (χ4n) is 1.11. The first-order valence-electron chi connectivity index (χ1n) is 5.21. The molecule has 0 aliphatic heterocycles. The van der Waals surface area contributed by atoms with Crippen LogP contribution < -0.4 is 14.4 Å². The van der Waals surface area contributed by atoms with E-state index in [1.165, 1.54) is 0 Å². The van der Waals surface area contributed by atoms with Crippen molar-refractivity contribution in [2.45, 2.75) is 19.4 Å². The Balaban J connectivity index is 3.12. The van der Waals surface area contributed by atoms with Crippen LogP contribution in [0.15, 0.2) is 6.07 Å². The summed E-state index contributed by atoms with van der Waals surface area (Å²) in [5.41, 5.74) is -0.251. The molecule has 0 aliphatic carbocycles. The first kappa shape index (κ1) is 13.8. The van der Waals surface area contributed by atoms with Gasteiger partial charge in [-0.1, -0.05) is 0 Å². The average molecular weight is 260 g/mol. The summed E-state index contributed by atoms with van der Waals surface area (Å²) < 4.78 is 10.2. The van der Waals surface area contributed by atoms with Gasteiger partial charge in [-0.05, 0) is 13.8 Å². The molecule has 0 unspecified atom stereocenters. The van der Waals surface area contributed by atoms with E-state index in [4.69, 9.17) is 21.1 Å². The van der Waals surface area contributed by atoms with Gasteiger partial charge in [0.05, 0.1) is 25.8 Å². The molecule has 0 N–H and O–H groups in total. The number of aromatic nitrogens is 2. The zero-order valence-corrected chi connectivity index (χ0v) is 11.6. The Hall–Kier alpha value is -1.23. The Labute approximate surface area is 107 Å². The van der Waals surface area contributed by atoms with Gasteiger partial charge < -0.3 is 14.4 Å². The second-order valence-corrected chi connectivity index (χ2v) is 4.53.